The second-order valence-corrected chi connectivity index (χ2v) is 12.9. The minimum Gasteiger partial charge on any atom is -0.473 e. The highest BCUT2D eigenvalue weighted by Crippen LogP contribution is 2.52. The van der Waals surface area contributed by atoms with Gasteiger partial charge < -0.3 is 16.2 Å². The molecule has 0 radical (unpaired) electrons. The van der Waals surface area contributed by atoms with Crippen molar-refractivity contribution in [3.63, 3.8) is 0 Å². The number of ether oxygens (including phenoxy) is 1. The van der Waals surface area contributed by atoms with Gasteiger partial charge in [-0.1, -0.05) is 0 Å². The Kier molecular flexibility index (Phi) is 7.24. The largest absolute Gasteiger partial charge is 0.473 e. The van der Waals surface area contributed by atoms with E-state index in [4.69, 9.17) is 26.2 Å². The zero-order valence-corrected chi connectivity index (χ0v) is 24.6. The number of nitriles is 1. The van der Waals surface area contributed by atoms with Crippen molar-refractivity contribution >= 4 is 39.5 Å². The number of ketones is 1. The lowest BCUT2D eigenvalue weighted by Crippen LogP contribution is -2.43. The molecule has 10 nitrogen and oxygen atoms in total. The van der Waals surface area contributed by atoms with Crippen molar-refractivity contribution in [3.8, 4) is 11.9 Å². The predicted octanol–water partition coefficient (Wildman–Crippen LogP) is 3.68. The van der Waals surface area contributed by atoms with Crippen LogP contribution in [-0.4, -0.2) is 58.8 Å². The van der Waals surface area contributed by atoms with Crippen molar-refractivity contribution in [1.82, 2.24) is 14.9 Å². The first-order valence-electron chi connectivity index (χ1n) is 14.7. The maximum atomic E-state index is 14.4. The zero-order valence-electron chi connectivity index (χ0n) is 23.7. The topological polar surface area (TPSA) is 151 Å². The van der Waals surface area contributed by atoms with E-state index in [0.29, 0.717) is 60.1 Å². The number of likely N-dealkylation sites (N-methyl/N-ethyl adjacent to an activating group) is 1. The maximum absolute atomic E-state index is 14.4. The fourth-order valence-corrected chi connectivity index (χ4v) is 8.50. The molecule has 0 bridgehead atoms. The number of thiophene rings is 1. The quantitative estimate of drug-likeness (QED) is 0.509. The van der Waals surface area contributed by atoms with Crippen LogP contribution in [0.4, 0.5) is 10.8 Å². The first kappa shape index (κ1) is 27.7. The summed E-state index contributed by atoms with van der Waals surface area (Å²) in [5, 5.41) is 10.4. The van der Waals surface area contributed by atoms with Gasteiger partial charge in [-0.15, -0.1) is 11.3 Å². The minimum absolute atomic E-state index is 0.00286. The smallest absolute Gasteiger partial charge is 0.228 e. The van der Waals surface area contributed by atoms with Gasteiger partial charge in [0.2, 0.25) is 11.8 Å². The summed E-state index contributed by atoms with van der Waals surface area (Å²) in [6.07, 6.45) is 7.47. The highest BCUT2D eigenvalue weighted by Gasteiger charge is 2.49. The third-order valence-corrected chi connectivity index (χ3v) is 10.5. The Labute approximate surface area is 244 Å². The summed E-state index contributed by atoms with van der Waals surface area (Å²) in [7, 11) is 2.10. The van der Waals surface area contributed by atoms with E-state index in [1.165, 1.54) is 11.3 Å². The zero-order chi connectivity index (χ0) is 28.9. The second kappa shape index (κ2) is 10.7. The van der Waals surface area contributed by atoms with Crippen molar-refractivity contribution < 1.29 is 14.3 Å². The number of hydrogen-bond donors (Lipinski definition) is 2. The number of hydrogen-bond acceptors (Lipinski definition) is 10. The van der Waals surface area contributed by atoms with Crippen LogP contribution in [0.25, 0.3) is 5.70 Å². The predicted molar refractivity (Wildman–Crippen MR) is 157 cm³/mol. The number of anilines is 2. The molecular weight excluding hydrogens is 538 g/mol. The van der Waals surface area contributed by atoms with Gasteiger partial charge in [0.05, 0.1) is 16.7 Å². The number of carbonyl (C=O) groups is 2. The second-order valence-electron chi connectivity index (χ2n) is 11.8. The standard InChI is InChI=1S/C30H37N7O3S/c1-17(20-8-5-13-36(20)2)40-23-15-22(37-14-6-10-24(37)38)34-29(35-23)26(32)18-7-3-11-30(27(18)39)12-4-9-21-25(30)19(16-31)28(33)41-21/h15,17,20H,3-14,32-33H2,1-2H3/t17-,20-,30-/m0/s1. The number of Topliss-reactive ketones (excluding diaryl/α,β-unsaturated/α-hetero) is 1. The number of nitrogens with zero attached hydrogens (tertiary/aromatic N) is 5. The highest BCUT2D eigenvalue weighted by molar-refractivity contribution is 7.16. The number of fused-ring (bicyclic) bond motifs is 2. The van der Waals surface area contributed by atoms with Crippen LogP contribution in [0.3, 0.4) is 0 Å². The molecule has 1 amide bonds. The van der Waals surface area contributed by atoms with Crippen molar-refractivity contribution in [1.29, 1.82) is 5.26 Å². The van der Waals surface area contributed by atoms with Crippen LogP contribution in [0.1, 0.15) is 86.5 Å². The number of likely N-dealkylation sites (tertiary alicyclic amines) is 1. The van der Waals surface area contributed by atoms with Crippen LogP contribution in [0.5, 0.6) is 5.88 Å². The van der Waals surface area contributed by atoms with Gasteiger partial charge in [0.1, 0.15) is 23.0 Å². The van der Waals surface area contributed by atoms with E-state index in [9.17, 15) is 14.9 Å². The van der Waals surface area contributed by atoms with Gasteiger partial charge >= 0.3 is 0 Å². The molecule has 3 atom stereocenters. The normalized spacial score (nSPS) is 26.8. The molecule has 3 fully saturated rings. The molecule has 216 valence electrons. The Hall–Kier alpha value is -3.49. The van der Waals surface area contributed by atoms with Gasteiger partial charge in [-0.05, 0) is 83.9 Å². The monoisotopic (exact) mass is 575 g/mol. The molecule has 2 aliphatic heterocycles. The summed E-state index contributed by atoms with van der Waals surface area (Å²) < 4.78 is 6.36. The molecule has 0 unspecified atom stereocenters. The number of nitrogen functional groups attached to an aromatic ring is 1. The highest BCUT2D eigenvalue weighted by atomic mass is 32.1. The fourth-order valence-electron chi connectivity index (χ4n) is 7.34. The molecule has 2 aromatic rings. The van der Waals surface area contributed by atoms with Gasteiger partial charge in [0, 0.05) is 35.5 Å². The summed E-state index contributed by atoms with van der Waals surface area (Å²) in [5.41, 5.74) is 14.1. The average molecular weight is 576 g/mol. The van der Waals surface area contributed by atoms with E-state index in [2.05, 4.69) is 18.0 Å². The van der Waals surface area contributed by atoms with Gasteiger partial charge in [-0.3, -0.25) is 19.4 Å². The number of allylic oxidation sites excluding steroid dienone is 1. The number of aryl methyl sites for hydroxylation is 1. The molecule has 2 aliphatic carbocycles. The molecule has 41 heavy (non-hydrogen) atoms. The number of nitrogens with two attached hydrogens (primary N) is 2. The molecule has 2 aromatic heterocycles. The molecule has 2 saturated heterocycles. The van der Waals surface area contributed by atoms with Crippen LogP contribution in [0, 0.1) is 11.3 Å². The fraction of sp³-hybridized carbons (Fsp3) is 0.567. The van der Waals surface area contributed by atoms with E-state index >= 15 is 0 Å². The SMILES string of the molecule is C[C@H](Oc1cc(N2CCCC2=O)nc(C(N)=C2CCC[C@@]3(CCCc4sc(N)c(C#N)c43)C2=O)n1)[C@@H]1CCCN1C. The summed E-state index contributed by atoms with van der Waals surface area (Å²) >= 11 is 1.42. The van der Waals surface area contributed by atoms with E-state index in [1.807, 2.05) is 6.92 Å². The molecular formula is C30H37N7O3S. The first-order valence-corrected chi connectivity index (χ1v) is 15.5. The Morgan fingerprint density at radius 2 is 1.95 bits per heavy atom. The van der Waals surface area contributed by atoms with Crippen molar-refractivity contribution in [3.05, 3.63) is 33.5 Å². The number of carbonyl (C=O) groups excluding carboxylic acids is 2. The molecule has 1 saturated carbocycles. The lowest BCUT2D eigenvalue weighted by Gasteiger charge is -2.40. The Bertz CT molecular complexity index is 1480. The van der Waals surface area contributed by atoms with Crippen LogP contribution in [0.2, 0.25) is 0 Å². The van der Waals surface area contributed by atoms with E-state index < -0.39 is 5.41 Å². The molecule has 0 aromatic carbocycles. The van der Waals surface area contributed by atoms with Gasteiger partial charge in [0.25, 0.3) is 0 Å². The summed E-state index contributed by atoms with van der Waals surface area (Å²) in [6.45, 7) is 3.62. The van der Waals surface area contributed by atoms with Crippen LogP contribution < -0.4 is 21.1 Å². The molecule has 6 rings (SSSR count). The maximum Gasteiger partial charge on any atom is 0.228 e. The van der Waals surface area contributed by atoms with E-state index in [1.54, 1.807) is 11.0 Å². The Morgan fingerprint density at radius 3 is 2.63 bits per heavy atom. The van der Waals surface area contributed by atoms with Gasteiger partial charge in [-0.25, -0.2) is 4.98 Å². The summed E-state index contributed by atoms with van der Waals surface area (Å²) in [5.74, 6) is 0.920. The Balaban J connectivity index is 1.41. The molecule has 4 aliphatic rings. The molecule has 11 heteroatoms. The van der Waals surface area contributed by atoms with Crippen LogP contribution in [0.15, 0.2) is 11.6 Å². The van der Waals surface area contributed by atoms with Crippen molar-refractivity contribution in [2.75, 3.05) is 30.8 Å². The number of aromatic nitrogens is 2. The Morgan fingerprint density at radius 1 is 1.17 bits per heavy atom. The van der Waals surface area contributed by atoms with Gasteiger partial charge in [0.15, 0.2) is 11.6 Å². The molecule has 4 heterocycles. The lowest BCUT2D eigenvalue weighted by molar-refractivity contribution is -0.123. The van der Waals surface area contributed by atoms with Crippen molar-refractivity contribution in [2.45, 2.75) is 88.7 Å². The molecule has 1 spiro atoms. The average Bonchev–Trinajstić information content (AvgIpc) is 3.67. The third kappa shape index (κ3) is 4.67. The summed E-state index contributed by atoms with van der Waals surface area (Å²) in [4.78, 5) is 41.4. The van der Waals surface area contributed by atoms with E-state index in [0.717, 1.165) is 55.5 Å². The molecule has 4 N–H and O–H groups in total. The van der Waals surface area contributed by atoms with Crippen molar-refractivity contribution in [2.24, 2.45) is 5.73 Å². The van der Waals surface area contributed by atoms with Gasteiger partial charge in [-0.2, -0.15) is 10.2 Å². The third-order valence-electron chi connectivity index (χ3n) is 9.38. The number of rotatable bonds is 5. The lowest BCUT2D eigenvalue weighted by atomic mass is 9.61. The van der Waals surface area contributed by atoms with Crippen LogP contribution in [-0.2, 0) is 21.4 Å². The van der Waals surface area contributed by atoms with E-state index in [-0.39, 0.29) is 35.4 Å². The number of amides is 1. The first-order chi connectivity index (χ1) is 19.7. The van der Waals surface area contributed by atoms with Crippen LogP contribution >= 0.6 is 11.3 Å². The summed E-state index contributed by atoms with van der Waals surface area (Å²) in [6, 6.07) is 4.24. The minimum atomic E-state index is -0.811.